The Balaban J connectivity index is 1.66. The number of hydrogen-bond donors (Lipinski definition) is 1. The number of aromatic nitrogens is 2. The number of carbonyl (C=O) groups excluding carboxylic acids is 2. The van der Waals surface area contributed by atoms with Gasteiger partial charge in [-0.15, -0.1) is 0 Å². The lowest BCUT2D eigenvalue weighted by atomic mass is 9.71. The van der Waals surface area contributed by atoms with Crippen molar-refractivity contribution in [1.82, 2.24) is 4.98 Å². The van der Waals surface area contributed by atoms with E-state index in [1.54, 1.807) is 51.4 Å². The van der Waals surface area contributed by atoms with Crippen LogP contribution in [0, 0.1) is 16.7 Å². The second kappa shape index (κ2) is 11.3. The fraction of sp³-hybridized carbons (Fsp3) is 0.586. The highest BCUT2D eigenvalue weighted by molar-refractivity contribution is 6.33. The zero-order chi connectivity index (χ0) is 26.7. The van der Waals surface area contributed by atoms with Crippen LogP contribution in [0.5, 0.6) is 5.75 Å². The molecule has 0 bridgehead atoms. The van der Waals surface area contributed by atoms with Gasteiger partial charge in [0.25, 0.3) is 12.1 Å². The van der Waals surface area contributed by atoms with Gasteiger partial charge in [-0.25, -0.2) is 4.57 Å². The lowest BCUT2D eigenvalue weighted by Gasteiger charge is -2.37. The van der Waals surface area contributed by atoms with Crippen LogP contribution in [0.15, 0.2) is 30.6 Å². The molecule has 1 fully saturated rings. The molecule has 0 amide bonds. The zero-order valence-electron chi connectivity index (χ0n) is 22.8. The Kier molecular flexibility index (Phi) is 8.81. The first-order valence-electron chi connectivity index (χ1n) is 13.0. The van der Waals surface area contributed by atoms with E-state index in [4.69, 9.17) is 16.3 Å². The molecule has 6 nitrogen and oxygen atoms in total. The fourth-order valence-electron chi connectivity index (χ4n) is 4.62. The first-order valence-corrected chi connectivity index (χ1v) is 13.4. The van der Waals surface area contributed by atoms with Gasteiger partial charge in [-0.1, -0.05) is 39.3 Å². The molecule has 1 aromatic carbocycles. The summed E-state index contributed by atoms with van der Waals surface area (Å²) in [5.41, 5.74) is 1.16. The van der Waals surface area contributed by atoms with Crippen LogP contribution in [0.25, 0.3) is 0 Å². The molecule has 0 radical (unpaired) electrons. The Morgan fingerprint density at radius 3 is 2.19 bits per heavy atom. The number of benzene rings is 1. The van der Waals surface area contributed by atoms with Gasteiger partial charge in [-0.05, 0) is 87.0 Å². The van der Waals surface area contributed by atoms with Crippen molar-refractivity contribution in [2.75, 3.05) is 5.32 Å². The maximum absolute atomic E-state index is 13.0. The Morgan fingerprint density at radius 1 is 1.06 bits per heavy atom. The first-order chi connectivity index (χ1) is 16.8. The van der Waals surface area contributed by atoms with Crippen molar-refractivity contribution in [2.45, 2.75) is 93.2 Å². The molecule has 1 aromatic heterocycles. The maximum Gasteiger partial charge on any atom is 0.316 e. The highest BCUT2D eigenvalue weighted by Gasteiger charge is 2.31. The Bertz CT molecular complexity index is 1080. The zero-order valence-corrected chi connectivity index (χ0v) is 23.5. The van der Waals surface area contributed by atoms with Crippen molar-refractivity contribution in [1.29, 1.82) is 0 Å². The summed E-state index contributed by atoms with van der Waals surface area (Å²) in [6.07, 6.45) is 7.00. The summed E-state index contributed by atoms with van der Waals surface area (Å²) in [5, 5.41) is 4.14. The summed E-state index contributed by atoms with van der Waals surface area (Å²) in [7, 11) is 0. The molecule has 0 saturated heterocycles. The third-order valence-electron chi connectivity index (χ3n) is 7.08. The van der Waals surface area contributed by atoms with Crippen molar-refractivity contribution in [3.05, 3.63) is 46.9 Å². The van der Waals surface area contributed by atoms with Crippen molar-refractivity contribution >= 4 is 29.2 Å². The van der Waals surface area contributed by atoms with Gasteiger partial charge in [-0.2, -0.15) is 0 Å². The number of nitrogens with zero attached hydrogens (tertiary/aromatic N) is 2. The van der Waals surface area contributed by atoms with Crippen molar-refractivity contribution in [3.8, 4) is 5.75 Å². The molecule has 3 rings (SSSR count). The predicted octanol–water partition coefficient (Wildman–Crippen LogP) is 6.44. The number of halogens is 1. The van der Waals surface area contributed by atoms with E-state index in [-0.39, 0.29) is 18.3 Å². The molecular weight excluding hydrogens is 474 g/mol. The van der Waals surface area contributed by atoms with Crippen LogP contribution in [0.4, 0.5) is 5.82 Å². The van der Waals surface area contributed by atoms with Gasteiger partial charge in [-0.3, -0.25) is 9.59 Å². The number of anilines is 1. The third-order valence-corrected chi connectivity index (χ3v) is 7.47. The van der Waals surface area contributed by atoms with Gasteiger partial charge in [0.05, 0.1) is 5.41 Å². The molecule has 1 aliphatic carbocycles. The van der Waals surface area contributed by atoms with Crippen molar-refractivity contribution in [2.24, 2.45) is 16.7 Å². The van der Waals surface area contributed by atoms with Crippen molar-refractivity contribution < 1.29 is 18.9 Å². The smallest absolute Gasteiger partial charge is 0.316 e. The minimum absolute atomic E-state index is 0.0672. The normalized spacial score (nSPS) is 18.6. The highest BCUT2D eigenvalue weighted by atomic mass is 35.5. The van der Waals surface area contributed by atoms with E-state index < -0.39 is 5.41 Å². The van der Waals surface area contributed by atoms with Crippen LogP contribution >= 0.6 is 11.6 Å². The van der Waals surface area contributed by atoms with Gasteiger partial charge in [0, 0.05) is 18.0 Å². The molecule has 1 N–H and O–H groups in total. The minimum Gasteiger partial charge on any atom is -0.426 e. The summed E-state index contributed by atoms with van der Waals surface area (Å²) >= 11 is 6.76. The van der Waals surface area contributed by atoms with Crippen LogP contribution in [0.1, 0.15) is 90.2 Å². The van der Waals surface area contributed by atoms with E-state index in [0.717, 1.165) is 24.5 Å². The number of nitrogens with one attached hydrogen (secondary N) is 1. The van der Waals surface area contributed by atoms with E-state index >= 15 is 0 Å². The molecule has 2 aromatic rings. The molecule has 36 heavy (non-hydrogen) atoms. The highest BCUT2D eigenvalue weighted by Crippen LogP contribution is 2.38. The third kappa shape index (κ3) is 7.06. The summed E-state index contributed by atoms with van der Waals surface area (Å²) in [6.45, 7) is 14.5. The molecule has 1 heterocycles. The monoisotopic (exact) mass is 514 g/mol. The molecule has 7 heteroatoms. The molecule has 196 valence electrons. The van der Waals surface area contributed by atoms with E-state index in [0.29, 0.717) is 40.0 Å². The average molecular weight is 515 g/mol. The van der Waals surface area contributed by atoms with Crippen LogP contribution in [-0.2, 0) is 17.8 Å². The Hall–Kier alpha value is -2.47. The maximum atomic E-state index is 13.0. The topological polar surface area (TPSA) is 72.2 Å². The van der Waals surface area contributed by atoms with Gasteiger partial charge in [0.2, 0.25) is 5.78 Å². The molecule has 0 unspecified atom stereocenters. The summed E-state index contributed by atoms with van der Waals surface area (Å²) in [5.74, 6) is 1.48. The Labute approximate surface area is 220 Å². The summed E-state index contributed by atoms with van der Waals surface area (Å²) in [4.78, 5) is 29.6. The fourth-order valence-corrected chi connectivity index (χ4v) is 4.97. The summed E-state index contributed by atoms with van der Waals surface area (Å²) in [6, 6.07) is 7.02. The second-order valence-electron chi connectivity index (χ2n) is 12.0. The van der Waals surface area contributed by atoms with Gasteiger partial charge in [0.15, 0.2) is 11.6 Å². The quantitative estimate of drug-likeness (QED) is 0.199. The standard InChI is InChI=1S/C29H40ClN3O3/c1-8-23-25(30)26(32-21-13-11-20(12-14-21)28(2,3)4)31-18-33(23)17-24(34)19-9-15-22(16-10-19)36-27(35)29(5,6)7/h9-10,15-16,18,20-21H,8,11-14,17H2,1-7H3/p+1. The van der Waals surface area contributed by atoms with E-state index in [2.05, 4.69) is 31.1 Å². The SMILES string of the molecule is CCc1c(Cl)c(NC2CCC(C(C)(C)C)CC2)nc[n+]1CC(=O)c1ccc(OC(=O)C(C)(C)C)cc1. The number of hydrogen-bond acceptors (Lipinski definition) is 5. The largest absolute Gasteiger partial charge is 0.426 e. The lowest BCUT2D eigenvalue weighted by Crippen LogP contribution is -2.43. The van der Waals surface area contributed by atoms with Crippen molar-refractivity contribution in [3.63, 3.8) is 0 Å². The first kappa shape index (κ1) is 28.1. The van der Waals surface area contributed by atoms with Crippen LogP contribution < -0.4 is 14.6 Å². The molecule has 0 aliphatic heterocycles. The number of ketones is 1. The molecule has 0 atom stereocenters. The number of carbonyl (C=O) groups is 2. The van der Waals surface area contributed by atoms with Crippen LogP contribution in [-0.4, -0.2) is 22.8 Å². The second-order valence-corrected chi connectivity index (χ2v) is 12.4. The van der Waals surface area contributed by atoms with Crippen LogP contribution in [0.2, 0.25) is 5.02 Å². The lowest BCUT2D eigenvalue weighted by molar-refractivity contribution is -0.693. The van der Waals surface area contributed by atoms with Crippen LogP contribution in [0.3, 0.4) is 0 Å². The van der Waals surface area contributed by atoms with Gasteiger partial charge in [0.1, 0.15) is 11.4 Å². The molecule has 1 saturated carbocycles. The number of esters is 1. The summed E-state index contributed by atoms with van der Waals surface area (Å²) < 4.78 is 7.21. The van der Waals surface area contributed by atoms with Gasteiger partial charge < -0.3 is 10.1 Å². The number of rotatable bonds is 7. The van der Waals surface area contributed by atoms with E-state index in [1.807, 2.05) is 11.5 Å². The predicted molar refractivity (Wildman–Crippen MR) is 144 cm³/mol. The van der Waals surface area contributed by atoms with E-state index in [1.165, 1.54) is 12.8 Å². The number of ether oxygens (including phenoxy) is 1. The Morgan fingerprint density at radius 2 is 1.67 bits per heavy atom. The minimum atomic E-state index is -0.596. The molecule has 0 spiro atoms. The molecule has 1 aliphatic rings. The average Bonchev–Trinajstić information content (AvgIpc) is 2.80. The van der Waals surface area contributed by atoms with Gasteiger partial charge >= 0.3 is 5.97 Å². The molecular formula is C29H41ClN3O3+. The number of Topliss-reactive ketones (excluding diaryl/α,β-unsaturated/α-hetero) is 1. The van der Waals surface area contributed by atoms with E-state index in [9.17, 15) is 9.59 Å².